The average Bonchev–Trinajstić information content (AvgIpc) is 2.57. The van der Waals surface area contributed by atoms with Crippen LogP contribution in [0.25, 0.3) is 0 Å². The molecule has 2 unspecified atom stereocenters. The van der Waals surface area contributed by atoms with Crippen LogP contribution < -0.4 is 0 Å². The summed E-state index contributed by atoms with van der Waals surface area (Å²) in [4.78, 5) is 11.8. The molecule has 0 aliphatic carbocycles. The fraction of sp³-hybridized carbons (Fsp3) is 0.375. The smallest absolute Gasteiger partial charge is 0.325 e. The predicted octanol–water partition coefficient (Wildman–Crippen LogP) is 1.23. The Labute approximate surface area is 88.2 Å². The lowest BCUT2D eigenvalue weighted by Gasteiger charge is -2.16. The molecule has 1 aromatic heterocycles. The second-order valence-electron chi connectivity index (χ2n) is 2.41. The van der Waals surface area contributed by atoms with Gasteiger partial charge in [0.25, 0.3) is 0 Å². The molecule has 0 aliphatic rings. The van der Waals surface area contributed by atoms with E-state index in [0.717, 1.165) is 0 Å². The highest BCUT2D eigenvalue weighted by molar-refractivity contribution is 7.80. The zero-order chi connectivity index (χ0) is 10.6. The van der Waals surface area contributed by atoms with Gasteiger partial charge >= 0.3 is 5.97 Å². The van der Waals surface area contributed by atoms with Crippen LogP contribution in [0.1, 0.15) is 17.1 Å². The molecule has 78 valence electrons. The Morgan fingerprint density at radius 2 is 2.50 bits per heavy atom. The zero-order valence-corrected chi connectivity index (χ0v) is 9.10. The molecule has 0 spiro atoms. The molecule has 6 heteroatoms. The Kier molecular flexibility index (Phi) is 4.24. The van der Waals surface area contributed by atoms with Crippen molar-refractivity contribution in [2.24, 2.45) is 0 Å². The predicted molar refractivity (Wildman–Crippen MR) is 52.6 cm³/mol. The number of hydrogen-bond donors (Lipinski definition) is 0. The van der Waals surface area contributed by atoms with Crippen molar-refractivity contribution in [1.29, 1.82) is 0 Å². The van der Waals surface area contributed by atoms with Crippen molar-refractivity contribution >= 4 is 28.4 Å². The van der Waals surface area contributed by atoms with Crippen LogP contribution in [-0.4, -0.2) is 21.3 Å². The van der Waals surface area contributed by atoms with E-state index in [1.807, 2.05) is 0 Å². The Balaban J connectivity index is 2.85. The molecule has 0 aromatic carbocycles. The lowest BCUT2D eigenvalue weighted by atomic mass is 10.3. The topological polar surface area (TPSA) is 66.4 Å². The molecule has 0 amide bonds. The minimum atomic E-state index is -2.48. The number of esters is 1. The first-order chi connectivity index (χ1) is 6.66. The molecule has 0 bridgehead atoms. The van der Waals surface area contributed by atoms with Gasteiger partial charge in [-0.1, -0.05) is 6.07 Å². The standard InChI is InChI=1S/C8H10O4S2/c1-2-12-8(9)7(14(10)11)6-4-3-5-13-6/h3-5,7H,2H2,1H3,(H,10,11)/p-1. The van der Waals surface area contributed by atoms with Gasteiger partial charge in [0.05, 0.1) is 6.61 Å². The summed E-state index contributed by atoms with van der Waals surface area (Å²) in [5.41, 5.74) is 0. The second-order valence-corrected chi connectivity index (χ2v) is 4.38. The molecule has 4 nitrogen and oxygen atoms in total. The molecule has 0 N–H and O–H groups in total. The fourth-order valence-corrected chi connectivity index (χ4v) is 2.53. The van der Waals surface area contributed by atoms with Crippen LogP contribution in [0.4, 0.5) is 0 Å². The Hall–Kier alpha value is -0.720. The van der Waals surface area contributed by atoms with Gasteiger partial charge in [-0.25, -0.2) is 0 Å². The summed E-state index contributed by atoms with van der Waals surface area (Å²) in [6, 6.07) is 3.29. The molecule has 1 heterocycles. The van der Waals surface area contributed by atoms with Gasteiger partial charge in [-0.15, -0.1) is 11.3 Å². The SMILES string of the molecule is CCOC(=O)C(c1cccs1)S(=O)[O-]. The first-order valence-corrected chi connectivity index (χ1v) is 5.96. The highest BCUT2D eigenvalue weighted by Crippen LogP contribution is 2.24. The quantitative estimate of drug-likeness (QED) is 0.579. The molecule has 2 atom stereocenters. The zero-order valence-electron chi connectivity index (χ0n) is 7.47. The second kappa shape index (κ2) is 5.23. The van der Waals surface area contributed by atoms with E-state index in [-0.39, 0.29) is 6.61 Å². The number of ether oxygens (including phenoxy) is 1. The Morgan fingerprint density at radius 3 is 2.93 bits per heavy atom. The van der Waals surface area contributed by atoms with Crippen molar-refractivity contribution in [2.75, 3.05) is 6.61 Å². The van der Waals surface area contributed by atoms with Crippen LogP contribution >= 0.6 is 11.3 Å². The first-order valence-electron chi connectivity index (χ1n) is 3.95. The molecular weight excluding hydrogens is 224 g/mol. The number of carbonyl (C=O) groups excluding carboxylic acids is 1. The van der Waals surface area contributed by atoms with Crippen molar-refractivity contribution in [1.82, 2.24) is 0 Å². The summed E-state index contributed by atoms with van der Waals surface area (Å²) >= 11 is -1.26. The minimum absolute atomic E-state index is 0.178. The van der Waals surface area contributed by atoms with E-state index in [9.17, 15) is 13.6 Å². The summed E-state index contributed by atoms with van der Waals surface area (Å²) in [7, 11) is 0. The van der Waals surface area contributed by atoms with E-state index in [2.05, 4.69) is 4.74 Å². The van der Waals surface area contributed by atoms with Gasteiger partial charge in [0.15, 0.2) is 5.25 Å². The van der Waals surface area contributed by atoms with E-state index in [1.54, 1.807) is 24.4 Å². The molecular formula is C8H9O4S2-. The number of hydrogen-bond acceptors (Lipinski definition) is 5. The molecule has 0 saturated carbocycles. The average molecular weight is 233 g/mol. The van der Waals surface area contributed by atoms with Crippen LogP contribution in [0.3, 0.4) is 0 Å². The van der Waals surface area contributed by atoms with E-state index in [1.165, 1.54) is 11.3 Å². The molecule has 1 rings (SSSR count). The van der Waals surface area contributed by atoms with Crippen LogP contribution in [-0.2, 0) is 20.6 Å². The van der Waals surface area contributed by atoms with Crippen LogP contribution in [0.2, 0.25) is 0 Å². The summed E-state index contributed by atoms with van der Waals surface area (Å²) < 4.78 is 26.3. The summed E-state index contributed by atoms with van der Waals surface area (Å²) in [6.45, 7) is 1.81. The van der Waals surface area contributed by atoms with E-state index >= 15 is 0 Å². The number of rotatable bonds is 4. The van der Waals surface area contributed by atoms with Crippen molar-refractivity contribution in [3.05, 3.63) is 22.4 Å². The van der Waals surface area contributed by atoms with Crippen molar-refractivity contribution < 1.29 is 18.3 Å². The molecule has 14 heavy (non-hydrogen) atoms. The summed E-state index contributed by atoms with van der Waals surface area (Å²) in [5.74, 6) is -0.719. The normalized spacial score (nSPS) is 14.7. The van der Waals surface area contributed by atoms with Crippen molar-refractivity contribution in [3.8, 4) is 0 Å². The number of carbonyl (C=O) groups is 1. The van der Waals surface area contributed by atoms with Gasteiger partial charge in [-0.3, -0.25) is 9.00 Å². The molecule has 0 radical (unpaired) electrons. The molecule has 1 aromatic rings. The molecule has 0 fully saturated rings. The maximum absolute atomic E-state index is 11.3. The number of thiophene rings is 1. The largest absolute Gasteiger partial charge is 0.771 e. The van der Waals surface area contributed by atoms with E-state index in [4.69, 9.17) is 0 Å². The van der Waals surface area contributed by atoms with Crippen LogP contribution in [0, 0.1) is 0 Å². The molecule has 0 saturated heterocycles. The van der Waals surface area contributed by atoms with Gasteiger partial charge in [-0.05, 0) is 29.5 Å². The van der Waals surface area contributed by atoms with Gasteiger partial charge in [0.1, 0.15) is 0 Å². The van der Waals surface area contributed by atoms with E-state index in [0.29, 0.717) is 4.88 Å². The monoisotopic (exact) mass is 233 g/mol. The molecule has 0 aliphatic heterocycles. The van der Waals surface area contributed by atoms with Crippen LogP contribution in [0.5, 0.6) is 0 Å². The Morgan fingerprint density at radius 1 is 1.79 bits per heavy atom. The summed E-state index contributed by atoms with van der Waals surface area (Å²) in [6.07, 6.45) is 0. The van der Waals surface area contributed by atoms with Crippen molar-refractivity contribution in [3.63, 3.8) is 0 Å². The van der Waals surface area contributed by atoms with E-state index < -0.39 is 22.3 Å². The van der Waals surface area contributed by atoms with Gasteiger partial charge < -0.3 is 9.29 Å². The van der Waals surface area contributed by atoms with Crippen LogP contribution in [0.15, 0.2) is 17.5 Å². The maximum atomic E-state index is 11.3. The van der Waals surface area contributed by atoms with Gasteiger partial charge in [0, 0.05) is 4.88 Å². The highest BCUT2D eigenvalue weighted by Gasteiger charge is 2.23. The van der Waals surface area contributed by atoms with Gasteiger partial charge in [0.2, 0.25) is 0 Å². The Bertz CT molecular complexity index is 320. The highest BCUT2D eigenvalue weighted by atomic mass is 32.2. The van der Waals surface area contributed by atoms with Crippen molar-refractivity contribution in [2.45, 2.75) is 12.2 Å². The fourth-order valence-electron chi connectivity index (χ4n) is 0.948. The minimum Gasteiger partial charge on any atom is -0.771 e. The summed E-state index contributed by atoms with van der Waals surface area (Å²) in [5, 5.41) is 0.531. The third-order valence-corrected chi connectivity index (χ3v) is 3.41. The maximum Gasteiger partial charge on any atom is 0.325 e. The first kappa shape index (κ1) is 11.4. The lowest BCUT2D eigenvalue weighted by molar-refractivity contribution is -0.142. The lowest BCUT2D eigenvalue weighted by Crippen LogP contribution is -2.19. The third-order valence-electron chi connectivity index (χ3n) is 1.49. The van der Waals surface area contributed by atoms with Gasteiger partial charge in [-0.2, -0.15) is 0 Å². The third kappa shape index (κ3) is 2.63.